The summed E-state index contributed by atoms with van der Waals surface area (Å²) < 4.78 is 0. The van der Waals surface area contributed by atoms with Crippen molar-refractivity contribution in [1.29, 1.82) is 5.26 Å². The third kappa shape index (κ3) is 2.62. The summed E-state index contributed by atoms with van der Waals surface area (Å²) in [6.45, 7) is 0.515. The number of benzene rings is 1. The molecule has 1 aromatic rings. The number of nitriles is 1. The Morgan fingerprint density at radius 3 is 2.78 bits per heavy atom. The summed E-state index contributed by atoms with van der Waals surface area (Å²) in [5.41, 5.74) is 1.02. The molecule has 1 heterocycles. The van der Waals surface area contributed by atoms with Crippen LogP contribution in [0.1, 0.15) is 30.9 Å². The lowest BCUT2D eigenvalue weighted by Crippen LogP contribution is -2.40. The lowest BCUT2D eigenvalue weighted by atomic mass is 9.86. The van der Waals surface area contributed by atoms with E-state index < -0.39 is 6.09 Å². The molecule has 1 aromatic carbocycles. The van der Waals surface area contributed by atoms with E-state index in [0.717, 1.165) is 18.4 Å². The van der Waals surface area contributed by atoms with Gasteiger partial charge in [0.05, 0.1) is 12.1 Å². The first-order valence-corrected chi connectivity index (χ1v) is 6.14. The number of likely N-dealkylation sites (tertiary alicyclic amines) is 1. The van der Waals surface area contributed by atoms with E-state index in [9.17, 15) is 9.90 Å². The molecular formula is C14H16N2O2. The molecule has 0 aliphatic carbocycles. The summed E-state index contributed by atoms with van der Waals surface area (Å²) in [6, 6.07) is 11.7. The smallest absolute Gasteiger partial charge is 0.407 e. The SMILES string of the molecule is N#CCC1CCN(C(=O)O)C(c2ccccc2)C1. The fourth-order valence-electron chi connectivity index (χ4n) is 2.57. The van der Waals surface area contributed by atoms with E-state index in [1.165, 1.54) is 4.90 Å². The highest BCUT2D eigenvalue weighted by Crippen LogP contribution is 2.35. The highest BCUT2D eigenvalue weighted by molar-refractivity contribution is 5.66. The number of hydrogen-bond donors (Lipinski definition) is 1. The number of hydrogen-bond acceptors (Lipinski definition) is 2. The van der Waals surface area contributed by atoms with Gasteiger partial charge in [0, 0.05) is 13.0 Å². The molecule has 4 heteroatoms. The number of nitrogens with zero attached hydrogens (tertiary/aromatic N) is 2. The number of amides is 1. The molecular weight excluding hydrogens is 228 g/mol. The van der Waals surface area contributed by atoms with Crippen molar-refractivity contribution in [1.82, 2.24) is 4.90 Å². The van der Waals surface area contributed by atoms with Crippen molar-refractivity contribution in [2.75, 3.05) is 6.54 Å². The van der Waals surface area contributed by atoms with Crippen LogP contribution in [0, 0.1) is 17.2 Å². The van der Waals surface area contributed by atoms with E-state index in [1.807, 2.05) is 30.3 Å². The Balaban J connectivity index is 2.20. The van der Waals surface area contributed by atoms with E-state index in [2.05, 4.69) is 6.07 Å². The molecule has 2 unspecified atom stereocenters. The molecule has 1 amide bonds. The van der Waals surface area contributed by atoms with Gasteiger partial charge in [-0.3, -0.25) is 0 Å². The van der Waals surface area contributed by atoms with Gasteiger partial charge < -0.3 is 10.0 Å². The van der Waals surface area contributed by atoms with E-state index in [-0.39, 0.29) is 6.04 Å². The first-order valence-electron chi connectivity index (χ1n) is 6.14. The second-order valence-electron chi connectivity index (χ2n) is 4.66. The predicted molar refractivity (Wildman–Crippen MR) is 66.9 cm³/mol. The van der Waals surface area contributed by atoms with Crippen molar-refractivity contribution < 1.29 is 9.90 Å². The minimum Gasteiger partial charge on any atom is -0.465 e. The van der Waals surface area contributed by atoms with Crippen molar-refractivity contribution >= 4 is 6.09 Å². The van der Waals surface area contributed by atoms with Crippen LogP contribution in [0.25, 0.3) is 0 Å². The van der Waals surface area contributed by atoms with Gasteiger partial charge in [-0.1, -0.05) is 30.3 Å². The third-order valence-corrected chi connectivity index (χ3v) is 3.52. The monoisotopic (exact) mass is 244 g/mol. The summed E-state index contributed by atoms with van der Waals surface area (Å²) in [6.07, 6.45) is 1.16. The van der Waals surface area contributed by atoms with Crippen LogP contribution in [0.4, 0.5) is 4.79 Å². The van der Waals surface area contributed by atoms with Crippen molar-refractivity contribution in [2.45, 2.75) is 25.3 Å². The molecule has 0 spiro atoms. The summed E-state index contributed by atoms with van der Waals surface area (Å²) in [4.78, 5) is 12.8. The number of piperidine rings is 1. The first kappa shape index (κ1) is 12.4. The molecule has 0 radical (unpaired) electrons. The molecule has 1 saturated heterocycles. The molecule has 18 heavy (non-hydrogen) atoms. The lowest BCUT2D eigenvalue weighted by Gasteiger charge is -2.37. The van der Waals surface area contributed by atoms with Gasteiger partial charge in [-0.25, -0.2) is 4.79 Å². The summed E-state index contributed by atoms with van der Waals surface area (Å²) in [5.74, 6) is 0.302. The van der Waals surface area contributed by atoms with Crippen molar-refractivity contribution in [3.05, 3.63) is 35.9 Å². The zero-order valence-corrected chi connectivity index (χ0v) is 10.1. The van der Waals surface area contributed by atoms with Crippen LogP contribution in [-0.2, 0) is 0 Å². The second kappa shape index (κ2) is 5.54. The zero-order valence-electron chi connectivity index (χ0n) is 10.1. The predicted octanol–water partition coefficient (Wildman–Crippen LogP) is 3.03. The Kier molecular flexibility index (Phi) is 3.83. The quantitative estimate of drug-likeness (QED) is 0.869. The van der Waals surface area contributed by atoms with Crippen molar-refractivity contribution in [3.8, 4) is 6.07 Å². The lowest BCUT2D eigenvalue weighted by molar-refractivity contribution is 0.0903. The van der Waals surface area contributed by atoms with Crippen molar-refractivity contribution in [3.63, 3.8) is 0 Å². The Bertz CT molecular complexity index is 453. The topological polar surface area (TPSA) is 64.3 Å². The molecule has 1 N–H and O–H groups in total. The standard InChI is InChI=1S/C14H16N2O2/c15-8-6-11-7-9-16(14(17)18)13(10-11)12-4-2-1-3-5-12/h1-5,11,13H,6-7,9-10H2,(H,17,18). The number of carbonyl (C=O) groups is 1. The van der Waals surface area contributed by atoms with Crippen LogP contribution in [0.3, 0.4) is 0 Å². The van der Waals surface area contributed by atoms with Gasteiger partial charge in [-0.15, -0.1) is 0 Å². The Labute approximate surface area is 106 Å². The molecule has 2 atom stereocenters. The maximum atomic E-state index is 11.3. The number of carboxylic acid groups (broad SMARTS) is 1. The highest BCUT2D eigenvalue weighted by Gasteiger charge is 2.32. The largest absolute Gasteiger partial charge is 0.465 e. The molecule has 4 nitrogen and oxygen atoms in total. The Hall–Kier alpha value is -2.02. The van der Waals surface area contributed by atoms with Gasteiger partial charge in [-0.2, -0.15) is 5.26 Å². The zero-order chi connectivity index (χ0) is 13.0. The van der Waals surface area contributed by atoms with Crippen LogP contribution in [0.2, 0.25) is 0 Å². The number of rotatable bonds is 2. The average Bonchev–Trinajstić information content (AvgIpc) is 2.40. The fraction of sp³-hybridized carbons (Fsp3) is 0.429. The Morgan fingerprint density at radius 2 is 2.17 bits per heavy atom. The molecule has 1 aliphatic rings. The minimum absolute atomic E-state index is 0.115. The summed E-state index contributed by atoms with van der Waals surface area (Å²) in [7, 11) is 0. The molecule has 94 valence electrons. The van der Waals surface area contributed by atoms with E-state index in [4.69, 9.17) is 5.26 Å². The third-order valence-electron chi connectivity index (χ3n) is 3.52. The van der Waals surface area contributed by atoms with Crippen molar-refractivity contribution in [2.24, 2.45) is 5.92 Å². The van der Waals surface area contributed by atoms with Gasteiger partial charge in [0.15, 0.2) is 0 Å². The Morgan fingerprint density at radius 1 is 1.44 bits per heavy atom. The van der Waals surface area contributed by atoms with E-state index >= 15 is 0 Å². The summed E-state index contributed by atoms with van der Waals surface area (Å²) in [5, 5.41) is 18.0. The minimum atomic E-state index is -0.876. The molecule has 2 rings (SSSR count). The van der Waals surface area contributed by atoms with Gasteiger partial charge in [0.1, 0.15) is 0 Å². The second-order valence-corrected chi connectivity index (χ2v) is 4.66. The van der Waals surface area contributed by atoms with Crippen LogP contribution in [-0.4, -0.2) is 22.6 Å². The molecule has 0 aromatic heterocycles. The van der Waals surface area contributed by atoms with E-state index in [1.54, 1.807) is 0 Å². The normalized spacial score (nSPS) is 23.4. The van der Waals surface area contributed by atoms with Crippen LogP contribution < -0.4 is 0 Å². The molecule has 0 bridgehead atoms. The van der Waals surface area contributed by atoms with Gasteiger partial charge in [0.25, 0.3) is 0 Å². The van der Waals surface area contributed by atoms with Crippen LogP contribution >= 0.6 is 0 Å². The summed E-state index contributed by atoms with van der Waals surface area (Å²) >= 11 is 0. The van der Waals surface area contributed by atoms with Crippen LogP contribution in [0.15, 0.2) is 30.3 Å². The first-order chi connectivity index (χ1) is 8.72. The van der Waals surface area contributed by atoms with Gasteiger partial charge in [-0.05, 0) is 24.3 Å². The van der Waals surface area contributed by atoms with Gasteiger partial charge >= 0.3 is 6.09 Å². The maximum absolute atomic E-state index is 11.3. The fourth-order valence-corrected chi connectivity index (χ4v) is 2.57. The molecule has 0 saturated carbocycles. The van der Waals surface area contributed by atoms with Gasteiger partial charge in [0.2, 0.25) is 0 Å². The molecule has 1 aliphatic heterocycles. The average molecular weight is 244 g/mol. The maximum Gasteiger partial charge on any atom is 0.407 e. The molecule has 1 fully saturated rings. The van der Waals surface area contributed by atoms with Crippen LogP contribution in [0.5, 0.6) is 0 Å². The van der Waals surface area contributed by atoms with E-state index in [0.29, 0.717) is 18.9 Å². The highest BCUT2D eigenvalue weighted by atomic mass is 16.4.